The molecule has 24 heteroatoms. The summed E-state index contributed by atoms with van der Waals surface area (Å²) >= 11 is 0.585. The summed E-state index contributed by atoms with van der Waals surface area (Å²) in [5.41, 5.74) is 6.63. The fourth-order valence-electron chi connectivity index (χ4n) is 6.56. The largest absolute Gasteiger partial charge is 0.472 e. The first kappa shape index (κ1) is 40.3. The molecule has 3 fully saturated rings. The summed E-state index contributed by atoms with van der Waals surface area (Å²) < 4.78 is 96.6. The Morgan fingerprint density at radius 2 is 1.52 bits per heavy atom. The maximum absolute atomic E-state index is 16.4. The highest BCUT2D eigenvalue weighted by Gasteiger charge is 2.55. The number of halogens is 2. The molecule has 4 N–H and O–H groups in total. The molecule has 2 aromatic carbocycles. The van der Waals surface area contributed by atoms with E-state index in [-0.39, 0.29) is 28.5 Å². The molecule has 19 nitrogen and oxygen atoms in total. The van der Waals surface area contributed by atoms with E-state index in [1.165, 1.54) is 10.9 Å². The van der Waals surface area contributed by atoms with Crippen LogP contribution in [0.4, 0.5) is 14.6 Å². The number of aryl methyl sites for hydroxylation is 1. The number of carbonyl (C=O) groups is 1. The van der Waals surface area contributed by atoms with Gasteiger partial charge in [-0.2, -0.15) is 0 Å². The molecule has 306 valence electrons. The zero-order valence-electron chi connectivity index (χ0n) is 30.0. The SMILES string of the molecule is Cc1ccc(C(=O)c2ccc(CSP3(=O)OC[C@H]4O[C@@H](n5cnc6c(N)ncnc65)[C@H](OP(=O)(O)OC[C@H]5O[C@@H](n6ccc(=O)[nH]c6=O)[C@H](O3)[C@@H]5F)[C@@H]4F)cc2)cc1. The van der Waals surface area contributed by atoms with E-state index in [2.05, 4.69) is 15.0 Å². The van der Waals surface area contributed by atoms with E-state index >= 15 is 8.78 Å². The number of hydrogen-bond donors (Lipinski definition) is 3. The Balaban J connectivity index is 1.11. The number of ketones is 1. The predicted octanol–water partition coefficient (Wildman–Crippen LogP) is 3.93. The first-order valence-corrected chi connectivity index (χ1v) is 22.1. The molecule has 2 unspecified atom stereocenters. The number of carbonyl (C=O) groups excluding carboxylic acids is 1. The predicted molar refractivity (Wildman–Crippen MR) is 200 cm³/mol. The van der Waals surface area contributed by atoms with Crippen LogP contribution in [-0.2, 0) is 42.5 Å². The van der Waals surface area contributed by atoms with Gasteiger partial charge < -0.3 is 20.1 Å². The van der Waals surface area contributed by atoms with E-state index in [1.807, 2.05) is 24.0 Å². The van der Waals surface area contributed by atoms with E-state index in [1.54, 1.807) is 36.4 Å². The van der Waals surface area contributed by atoms with Gasteiger partial charge in [0.05, 0.1) is 19.5 Å². The Hall–Kier alpha value is -4.47. The normalized spacial score (nSPS) is 31.6. The molecular formula is C34H33F2N7O12P2S. The van der Waals surface area contributed by atoms with Gasteiger partial charge >= 0.3 is 20.3 Å². The Labute approximate surface area is 329 Å². The topological polar surface area (TPSA) is 251 Å². The van der Waals surface area contributed by atoms with Crippen LogP contribution in [0.3, 0.4) is 0 Å². The van der Waals surface area contributed by atoms with Crippen LogP contribution in [0.25, 0.3) is 11.2 Å². The summed E-state index contributed by atoms with van der Waals surface area (Å²) in [5.74, 6) is -0.353. The van der Waals surface area contributed by atoms with Gasteiger partial charge in [-0.1, -0.05) is 54.1 Å². The van der Waals surface area contributed by atoms with Gasteiger partial charge in [0.25, 0.3) is 5.56 Å². The van der Waals surface area contributed by atoms with Gasteiger partial charge in [0.2, 0.25) is 0 Å². The first-order valence-electron chi connectivity index (χ1n) is 17.5. The second-order valence-electron chi connectivity index (χ2n) is 13.4. The van der Waals surface area contributed by atoms with Crippen molar-refractivity contribution in [2.75, 3.05) is 18.9 Å². The van der Waals surface area contributed by atoms with E-state index in [4.69, 9.17) is 33.3 Å². The molecule has 3 aromatic heterocycles. The van der Waals surface area contributed by atoms with Crippen LogP contribution in [0, 0.1) is 6.92 Å². The molecule has 58 heavy (non-hydrogen) atoms. The summed E-state index contributed by atoms with van der Waals surface area (Å²) in [5, 5.41) is 0. The standard InChI is InChI=1S/C34H33F2N7O12P2S/c1-17-2-6-19(7-3-17)27(45)20-8-4-18(5-9-20)14-58-57(49)51-13-22-24(35)28(33(53-22)43-16-40-26-30(37)38-15-39-31(26)43)54-56(47,48)50-12-21-25(36)29(55-57)32(52-21)42-11-10-23(44)41-34(42)46/h2-11,15-16,21-22,24-25,28-29,32-33H,12-14H2,1H3,(H,47,48)(H2,37,38,39)(H,41,44,46)/t21-,22-,24-,25-,28-,29-,32-,33-,57?/m1/s1. The number of rotatable bonds is 7. The monoisotopic (exact) mass is 863 g/mol. The minimum absolute atomic E-state index is 0.0219. The van der Waals surface area contributed by atoms with Crippen molar-refractivity contribution in [1.29, 1.82) is 0 Å². The van der Waals surface area contributed by atoms with Crippen molar-refractivity contribution in [3.05, 3.63) is 117 Å². The number of anilines is 1. The molecule has 6 heterocycles. The lowest BCUT2D eigenvalue weighted by Crippen LogP contribution is -2.38. The third-order valence-electron chi connectivity index (χ3n) is 9.54. The van der Waals surface area contributed by atoms with Gasteiger partial charge in [-0.3, -0.25) is 41.8 Å². The number of ether oxygens (including phenoxy) is 2. The van der Waals surface area contributed by atoms with Crippen molar-refractivity contribution in [3.8, 4) is 0 Å². The molecule has 4 bridgehead atoms. The van der Waals surface area contributed by atoms with Gasteiger partial charge in [-0.25, -0.2) is 37.7 Å². The molecule has 3 saturated heterocycles. The number of imidazole rings is 1. The van der Waals surface area contributed by atoms with E-state index in [9.17, 15) is 28.4 Å². The third-order valence-corrected chi connectivity index (χ3v) is 14.2. The number of nitrogens with one attached hydrogen (secondary N) is 1. The number of nitrogens with two attached hydrogens (primary N) is 1. The van der Waals surface area contributed by atoms with Gasteiger partial charge in [-0.15, -0.1) is 0 Å². The van der Waals surface area contributed by atoms with E-state index < -0.39 is 88.3 Å². The second kappa shape index (κ2) is 15.9. The van der Waals surface area contributed by atoms with E-state index in [0.717, 1.165) is 28.7 Å². The molecule has 3 aliphatic rings. The third kappa shape index (κ3) is 8.09. The van der Waals surface area contributed by atoms with Crippen LogP contribution in [0.5, 0.6) is 0 Å². The highest BCUT2D eigenvalue weighted by atomic mass is 32.7. The number of hydrogen-bond acceptors (Lipinski definition) is 16. The maximum atomic E-state index is 16.4. The van der Waals surface area contributed by atoms with Crippen molar-refractivity contribution in [2.45, 2.75) is 61.9 Å². The molecule has 10 atom stereocenters. The number of phosphoric ester groups is 1. The van der Waals surface area contributed by atoms with Crippen LogP contribution >= 0.6 is 26.0 Å². The highest BCUT2D eigenvalue weighted by Crippen LogP contribution is 2.65. The summed E-state index contributed by atoms with van der Waals surface area (Å²) in [6.45, 7) is -4.61. The van der Waals surface area contributed by atoms with Gasteiger partial charge in [0.15, 0.2) is 42.0 Å². The Bertz CT molecular complexity index is 2560. The molecule has 0 aliphatic carbocycles. The van der Waals surface area contributed by atoms with Crippen LogP contribution in [0.2, 0.25) is 0 Å². The summed E-state index contributed by atoms with van der Waals surface area (Å²) in [6, 6.07) is 14.4. The highest BCUT2D eigenvalue weighted by molar-refractivity contribution is 8.54. The average molecular weight is 864 g/mol. The quantitative estimate of drug-likeness (QED) is 0.155. The van der Waals surface area contributed by atoms with Gasteiger partial charge in [0, 0.05) is 29.1 Å². The fraction of sp³-hybridized carbons (Fsp3) is 0.353. The Morgan fingerprint density at radius 3 is 2.19 bits per heavy atom. The van der Waals surface area contributed by atoms with Crippen molar-refractivity contribution in [3.63, 3.8) is 0 Å². The van der Waals surface area contributed by atoms with Crippen LogP contribution in [0.1, 0.15) is 39.5 Å². The summed E-state index contributed by atoms with van der Waals surface area (Å²) in [7, 11) is -5.26. The van der Waals surface area contributed by atoms with Crippen molar-refractivity contribution >= 4 is 48.8 Å². The molecule has 0 amide bonds. The smallest absolute Gasteiger partial charge is 0.382 e. The number of benzene rings is 2. The van der Waals surface area contributed by atoms with Crippen LogP contribution in [0.15, 0.2) is 83.0 Å². The number of aromatic nitrogens is 6. The maximum Gasteiger partial charge on any atom is 0.472 e. The Morgan fingerprint density at radius 1 is 0.897 bits per heavy atom. The molecule has 0 radical (unpaired) electrons. The minimum atomic E-state index is -5.26. The molecule has 0 spiro atoms. The van der Waals surface area contributed by atoms with Crippen molar-refractivity contribution in [2.24, 2.45) is 0 Å². The molecule has 8 rings (SSSR count). The zero-order chi connectivity index (χ0) is 40.9. The van der Waals surface area contributed by atoms with Crippen molar-refractivity contribution in [1.82, 2.24) is 29.1 Å². The number of nitrogens with zero attached hydrogens (tertiary/aromatic N) is 5. The molecular weight excluding hydrogens is 830 g/mol. The summed E-state index contributed by atoms with van der Waals surface area (Å²) in [6.07, 6.45) is -11.8. The van der Waals surface area contributed by atoms with E-state index in [0.29, 0.717) is 28.1 Å². The lowest BCUT2D eigenvalue weighted by atomic mass is 10.0. The molecule has 0 saturated carbocycles. The lowest BCUT2D eigenvalue weighted by molar-refractivity contribution is -0.0648. The van der Waals surface area contributed by atoms with Gasteiger partial charge in [-0.05, 0) is 23.9 Å². The lowest BCUT2D eigenvalue weighted by Gasteiger charge is -2.27. The zero-order valence-corrected chi connectivity index (χ0v) is 32.6. The van der Waals surface area contributed by atoms with Crippen molar-refractivity contribution < 1.29 is 55.2 Å². The number of aromatic amines is 1. The number of alkyl halides is 2. The Kier molecular flexibility index (Phi) is 11.1. The molecule has 5 aromatic rings. The second-order valence-corrected chi connectivity index (χ2v) is 18.9. The van der Waals surface area contributed by atoms with Crippen LogP contribution in [-0.4, -0.2) is 89.7 Å². The number of phosphoric acid groups is 1. The number of nitrogen functional groups attached to an aromatic ring is 1. The molecule has 3 aliphatic heterocycles. The number of H-pyrrole nitrogens is 1. The minimum Gasteiger partial charge on any atom is -0.382 e. The number of fused-ring (bicyclic) bond motifs is 5. The first-order chi connectivity index (χ1) is 27.7. The van der Waals surface area contributed by atoms with Gasteiger partial charge in [0.1, 0.15) is 36.3 Å². The average Bonchev–Trinajstić information content (AvgIpc) is 3.85. The fourth-order valence-corrected chi connectivity index (χ4v) is 10.8. The van der Waals surface area contributed by atoms with Crippen LogP contribution < -0.4 is 17.0 Å². The summed E-state index contributed by atoms with van der Waals surface area (Å²) in [4.78, 5) is 62.6.